The second-order valence-electron chi connectivity index (χ2n) is 1.37. The van der Waals surface area contributed by atoms with Crippen LogP contribution in [0.5, 0.6) is 0 Å². The lowest BCUT2D eigenvalue weighted by atomic mass is 10.4. The largest absolute Gasteiger partial charge is 0.180 e. The summed E-state index contributed by atoms with van der Waals surface area (Å²) in [6.45, 7) is 10.9. The molecule has 0 aromatic rings. The molecule has 0 aliphatic carbocycles. The van der Waals surface area contributed by atoms with Crippen LogP contribution in [-0.2, 0) is 0 Å². The summed E-state index contributed by atoms with van der Waals surface area (Å²) >= 11 is 3.79. The third-order valence-electron chi connectivity index (χ3n) is 0.348. The van der Waals surface area contributed by atoms with E-state index in [-0.39, 0.29) is 0 Å². The van der Waals surface area contributed by atoms with Crippen molar-refractivity contribution in [3.05, 3.63) is 24.8 Å². The van der Waals surface area contributed by atoms with E-state index < -0.39 is 0 Å². The van der Waals surface area contributed by atoms with E-state index in [9.17, 15) is 0 Å². The molecule has 0 aromatic carbocycles. The van der Waals surface area contributed by atoms with Gasteiger partial charge in [-0.05, 0) is 12.7 Å². The number of hydrogen-bond donors (Lipinski definition) is 1. The molecule has 8 heavy (non-hydrogen) atoms. The van der Waals surface area contributed by atoms with Gasteiger partial charge in [-0.3, -0.25) is 0 Å². The molecule has 0 rings (SSSR count). The normalized spacial score (nSPS) is 6.38. The van der Waals surface area contributed by atoms with E-state index in [1.54, 1.807) is 6.08 Å². The van der Waals surface area contributed by atoms with Gasteiger partial charge < -0.3 is 0 Å². The number of rotatable bonds is 1. The lowest BCUT2D eigenvalue weighted by Gasteiger charge is -1.71. The Bertz CT molecular complexity index is 64.8. The van der Waals surface area contributed by atoms with Gasteiger partial charge in [0.05, 0.1) is 0 Å². The summed E-state index contributed by atoms with van der Waals surface area (Å²) in [5, 5.41) is 0. The Balaban J connectivity index is 0. The van der Waals surface area contributed by atoms with Crippen molar-refractivity contribution in [2.24, 2.45) is 0 Å². The fourth-order valence-electron chi connectivity index (χ4n) is 0. The van der Waals surface area contributed by atoms with Crippen LogP contribution in [0, 0.1) is 0 Å². The maximum Gasteiger partial charge on any atom is -0.0126 e. The van der Waals surface area contributed by atoms with Gasteiger partial charge in [-0.15, -0.1) is 0 Å². The van der Waals surface area contributed by atoms with Gasteiger partial charge in [-0.2, -0.15) is 12.6 Å². The molecule has 0 atom stereocenters. The molecule has 0 saturated carbocycles. The van der Waals surface area contributed by atoms with Crippen LogP contribution in [-0.4, -0.2) is 5.75 Å². The fourth-order valence-corrected chi connectivity index (χ4v) is 0. The first kappa shape index (κ1) is 10.7. The average molecular weight is 130 g/mol. The zero-order valence-corrected chi connectivity index (χ0v) is 6.54. The zero-order chi connectivity index (χ0) is 6.99. The van der Waals surface area contributed by atoms with Gasteiger partial charge in [0, 0.05) is 0 Å². The highest BCUT2D eigenvalue weighted by Gasteiger charge is 1.59. The van der Waals surface area contributed by atoms with Crippen LogP contribution in [0.25, 0.3) is 0 Å². The van der Waals surface area contributed by atoms with Crippen molar-refractivity contribution in [3.8, 4) is 0 Å². The molecule has 0 aliphatic rings. The standard InChI is InChI=1S/C5H8.C2H6S/c1-4-5(2)3;1-2-3/h4H,1-2H2,3H3;3H,2H2,1H3. The van der Waals surface area contributed by atoms with Crippen LogP contribution >= 0.6 is 12.6 Å². The molecule has 0 fully saturated rings. The van der Waals surface area contributed by atoms with Crippen LogP contribution in [0.1, 0.15) is 13.8 Å². The van der Waals surface area contributed by atoms with Crippen molar-refractivity contribution in [1.82, 2.24) is 0 Å². The van der Waals surface area contributed by atoms with Crippen molar-refractivity contribution >= 4 is 12.6 Å². The molecule has 0 N–H and O–H groups in total. The van der Waals surface area contributed by atoms with Crippen LogP contribution in [0.2, 0.25) is 0 Å². The highest BCUT2D eigenvalue weighted by Crippen LogP contribution is 1.81. The van der Waals surface area contributed by atoms with Crippen molar-refractivity contribution in [2.75, 3.05) is 5.75 Å². The summed E-state index contributed by atoms with van der Waals surface area (Å²) in [5.74, 6) is 0.944. The van der Waals surface area contributed by atoms with Gasteiger partial charge >= 0.3 is 0 Å². The third-order valence-corrected chi connectivity index (χ3v) is 0.348. The molecule has 0 aliphatic heterocycles. The third kappa shape index (κ3) is 40.6. The molecule has 0 heterocycles. The van der Waals surface area contributed by atoms with Crippen molar-refractivity contribution in [2.45, 2.75) is 13.8 Å². The van der Waals surface area contributed by atoms with E-state index in [1.165, 1.54) is 0 Å². The second-order valence-corrected chi connectivity index (χ2v) is 2.00. The van der Waals surface area contributed by atoms with Crippen LogP contribution in [0.3, 0.4) is 0 Å². The molecular weight excluding hydrogens is 116 g/mol. The Morgan fingerprint density at radius 1 is 1.75 bits per heavy atom. The van der Waals surface area contributed by atoms with Crippen LogP contribution < -0.4 is 0 Å². The van der Waals surface area contributed by atoms with Crippen LogP contribution in [0.15, 0.2) is 24.8 Å². The van der Waals surface area contributed by atoms with E-state index >= 15 is 0 Å². The number of allylic oxidation sites excluding steroid dienone is 2. The maximum atomic E-state index is 3.79. The smallest absolute Gasteiger partial charge is 0.0126 e. The monoisotopic (exact) mass is 130 g/mol. The molecule has 0 bridgehead atoms. The Hall–Kier alpha value is -0.170. The molecule has 0 radical (unpaired) electrons. The summed E-state index contributed by atoms with van der Waals surface area (Å²) in [5.41, 5.74) is 1.02. The van der Waals surface area contributed by atoms with Gasteiger partial charge in [0.2, 0.25) is 0 Å². The van der Waals surface area contributed by atoms with E-state index in [2.05, 4.69) is 25.8 Å². The minimum absolute atomic E-state index is 0.944. The highest BCUT2D eigenvalue weighted by atomic mass is 32.1. The maximum absolute atomic E-state index is 3.79. The first-order valence-corrected chi connectivity index (χ1v) is 3.21. The van der Waals surface area contributed by atoms with Gasteiger partial charge in [0.15, 0.2) is 0 Å². The predicted molar refractivity (Wildman–Crippen MR) is 44.5 cm³/mol. The highest BCUT2D eigenvalue weighted by molar-refractivity contribution is 7.80. The molecule has 0 nitrogen and oxygen atoms in total. The first-order valence-electron chi connectivity index (χ1n) is 2.57. The fraction of sp³-hybridized carbons (Fsp3) is 0.429. The van der Waals surface area contributed by atoms with Crippen molar-refractivity contribution < 1.29 is 0 Å². The van der Waals surface area contributed by atoms with E-state index in [4.69, 9.17) is 0 Å². The summed E-state index contributed by atoms with van der Waals surface area (Å²) in [4.78, 5) is 0. The van der Waals surface area contributed by atoms with Gasteiger partial charge in [-0.1, -0.05) is 31.7 Å². The minimum atomic E-state index is 0.944. The topological polar surface area (TPSA) is 0 Å². The molecule has 0 aromatic heterocycles. The first-order chi connectivity index (χ1) is 3.68. The Morgan fingerprint density at radius 2 is 1.88 bits per heavy atom. The van der Waals surface area contributed by atoms with E-state index in [0.29, 0.717) is 0 Å². The average Bonchev–Trinajstić information content (AvgIpc) is 1.69. The van der Waals surface area contributed by atoms with Crippen molar-refractivity contribution in [1.29, 1.82) is 0 Å². The second kappa shape index (κ2) is 9.95. The minimum Gasteiger partial charge on any atom is -0.180 e. The SMILES string of the molecule is C=CC(=C)C.CCS. The van der Waals surface area contributed by atoms with Gasteiger partial charge in [0.1, 0.15) is 0 Å². The lowest BCUT2D eigenvalue weighted by Crippen LogP contribution is -1.50. The van der Waals surface area contributed by atoms with E-state index in [0.717, 1.165) is 11.3 Å². The molecule has 48 valence electrons. The van der Waals surface area contributed by atoms with Gasteiger partial charge in [0.25, 0.3) is 0 Å². The molecule has 1 heteroatoms. The summed E-state index contributed by atoms with van der Waals surface area (Å²) in [6.07, 6.45) is 1.72. The molecule has 0 amide bonds. The zero-order valence-electron chi connectivity index (χ0n) is 5.65. The summed E-state index contributed by atoms with van der Waals surface area (Å²) in [7, 11) is 0. The molecular formula is C7H14S. The Kier molecular flexibility index (Phi) is 13.4. The van der Waals surface area contributed by atoms with Gasteiger partial charge in [-0.25, -0.2) is 0 Å². The summed E-state index contributed by atoms with van der Waals surface area (Å²) < 4.78 is 0. The van der Waals surface area contributed by atoms with Crippen LogP contribution in [0.4, 0.5) is 0 Å². The molecule has 0 spiro atoms. The van der Waals surface area contributed by atoms with Crippen molar-refractivity contribution in [3.63, 3.8) is 0 Å². The Labute approximate surface area is 57.7 Å². The molecule has 0 unspecified atom stereocenters. The lowest BCUT2D eigenvalue weighted by molar-refractivity contribution is 1.54. The molecule has 0 saturated heterocycles. The number of thiol groups is 1. The predicted octanol–water partition coefficient (Wildman–Crippen LogP) is 2.68. The van der Waals surface area contributed by atoms with E-state index in [1.807, 2.05) is 13.8 Å². The number of hydrogen-bond acceptors (Lipinski definition) is 1. The Morgan fingerprint density at radius 3 is 1.88 bits per heavy atom. The summed E-state index contributed by atoms with van der Waals surface area (Å²) in [6, 6.07) is 0. The quantitative estimate of drug-likeness (QED) is 0.409.